The van der Waals surface area contributed by atoms with E-state index in [2.05, 4.69) is 63.1 Å². The molecule has 1 fully saturated rings. The summed E-state index contributed by atoms with van der Waals surface area (Å²) in [5.41, 5.74) is 2.65. The first-order valence-corrected chi connectivity index (χ1v) is 8.40. The van der Waals surface area contributed by atoms with Gasteiger partial charge in [-0.15, -0.1) is 0 Å². The number of nitrogens with zero attached hydrogens (tertiary/aromatic N) is 2. The average Bonchev–Trinajstić information content (AvgIpc) is 2.92. The van der Waals surface area contributed by atoms with E-state index in [9.17, 15) is 0 Å². The van der Waals surface area contributed by atoms with E-state index >= 15 is 0 Å². The van der Waals surface area contributed by atoms with Gasteiger partial charge in [-0.25, -0.2) is 0 Å². The van der Waals surface area contributed by atoms with Crippen molar-refractivity contribution in [3.8, 4) is 0 Å². The highest BCUT2D eigenvalue weighted by Crippen LogP contribution is 2.28. The van der Waals surface area contributed by atoms with Crippen LogP contribution < -0.4 is 10.2 Å². The van der Waals surface area contributed by atoms with Crippen LogP contribution in [-0.4, -0.2) is 44.2 Å². The molecule has 0 amide bonds. The second-order valence-electron chi connectivity index (χ2n) is 5.42. The Kier molecular flexibility index (Phi) is 5.87. The summed E-state index contributed by atoms with van der Waals surface area (Å²) in [6.07, 6.45) is 1.28. The number of halogens is 1. The lowest BCUT2D eigenvalue weighted by Gasteiger charge is -2.26. The van der Waals surface area contributed by atoms with Crippen LogP contribution in [0.2, 0.25) is 0 Å². The highest BCUT2D eigenvalue weighted by atomic mass is 79.9. The van der Waals surface area contributed by atoms with Crippen LogP contribution >= 0.6 is 15.9 Å². The Bertz CT molecular complexity index is 432. The maximum Gasteiger partial charge on any atom is 0.0378 e. The number of rotatable bonds is 6. The Morgan fingerprint density at radius 1 is 1.35 bits per heavy atom. The third-order valence-electron chi connectivity index (χ3n) is 4.26. The fourth-order valence-corrected chi connectivity index (χ4v) is 3.59. The standard InChI is InChI=1S/C16H26BrN3/c1-4-19(5-2)15-8-9-20(12-15)14-7-6-13(11-18-3)16(17)10-14/h6-7,10,15,18H,4-5,8-9,11-12H2,1-3H3. The van der Waals surface area contributed by atoms with E-state index in [4.69, 9.17) is 0 Å². The van der Waals surface area contributed by atoms with Crippen LogP contribution in [0.3, 0.4) is 0 Å². The normalized spacial score (nSPS) is 19.1. The van der Waals surface area contributed by atoms with Gasteiger partial charge in [0.25, 0.3) is 0 Å². The lowest BCUT2D eigenvalue weighted by Crippen LogP contribution is -2.37. The van der Waals surface area contributed by atoms with Gasteiger partial charge in [-0.3, -0.25) is 4.90 Å². The lowest BCUT2D eigenvalue weighted by molar-refractivity contribution is 0.232. The number of nitrogens with one attached hydrogen (secondary N) is 1. The quantitative estimate of drug-likeness (QED) is 0.859. The minimum Gasteiger partial charge on any atom is -0.370 e. The molecule has 2 rings (SSSR count). The van der Waals surface area contributed by atoms with Gasteiger partial charge in [0, 0.05) is 35.8 Å². The summed E-state index contributed by atoms with van der Waals surface area (Å²) in [7, 11) is 1.98. The van der Waals surface area contributed by atoms with Crippen molar-refractivity contribution in [1.29, 1.82) is 0 Å². The third-order valence-corrected chi connectivity index (χ3v) is 5.00. The predicted octanol–water partition coefficient (Wildman–Crippen LogP) is 3.09. The zero-order chi connectivity index (χ0) is 14.5. The van der Waals surface area contributed by atoms with Crippen molar-refractivity contribution in [2.24, 2.45) is 0 Å². The Morgan fingerprint density at radius 3 is 2.70 bits per heavy atom. The predicted molar refractivity (Wildman–Crippen MR) is 90.4 cm³/mol. The Balaban J connectivity index is 2.04. The summed E-state index contributed by atoms with van der Waals surface area (Å²) in [5, 5.41) is 3.20. The molecule has 1 heterocycles. The number of hydrogen-bond acceptors (Lipinski definition) is 3. The number of likely N-dealkylation sites (N-methyl/N-ethyl adjacent to an activating group) is 1. The fourth-order valence-electron chi connectivity index (χ4n) is 3.08. The van der Waals surface area contributed by atoms with Gasteiger partial charge >= 0.3 is 0 Å². The molecule has 1 aliphatic heterocycles. The fraction of sp³-hybridized carbons (Fsp3) is 0.625. The summed E-state index contributed by atoms with van der Waals surface area (Å²) < 4.78 is 1.20. The molecule has 1 atom stereocenters. The second-order valence-corrected chi connectivity index (χ2v) is 6.27. The van der Waals surface area contributed by atoms with E-state index in [0.29, 0.717) is 6.04 Å². The lowest BCUT2D eigenvalue weighted by atomic mass is 10.2. The van der Waals surface area contributed by atoms with Gasteiger partial charge in [0.05, 0.1) is 0 Å². The van der Waals surface area contributed by atoms with Crippen molar-refractivity contribution in [1.82, 2.24) is 10.2 Å². The van der Waals surface area contributed by atoms with Crippen molar-refractivity contribution in [3.63, 3.8) is 0 Å². The Hall–Kier alpha value is -0.580. The average molecular weight is 340 g/mol. The first kappa shape index (κ1) is 15.8. The van der Waals surface area contributed by atoms with Crippen molar-refractivity contribution in [2.45, 2.75) is 32.9 Å². The highest BCUT2D eigenvalue weighted by Gasteiger charge is 2.26. The van der Waals surface area contributed by atoms with Crippen LogP contribution in [0.15, 0.2) is 22.7 Å². The monoisotopic (exact) mass is 339 g/mol. The van der Waals surface area contributed by atoms with Crippen molar-refractivity contribution < 1.29 is 0 Å². The maximum absolute atomic E-state index is 3.69. The Labute approximate surface area is 131 Å². The topological polar surface area (TPSA) is 18.5 Å². The molecule has 4 heteroatoms. The van der Waals surface area contributed by atoms with Crippen LogP contribution in [0, 0.1) is 0 Å². The van der Waals surface area contributed by atoms with Gasteiger partial charge in [0.15, 0.2) is 0 Å². The molecule has 3 nitrogen and oxygen atoms in total. The zero-order valence-corrected chi connectivity index (χ0v) is 14.4. The van der Waals surface area contributed by atoms with Crippen molar-refractivity contribution in [3.05, 3.63) is 28.2 Å². The molecule has 0 saturated carbocycles. The summed E-state index contributed by atoms with van der Waals surface area (Å²) in [4.78, 5) is 5.08. The molecule has 0 aliphatic carbocycles. The molecular formula is C16H26BrN3. The second kappa shape index (κ2) is 7.43. The van der Waals surface area contributed by atoms with Crippen LogP contribution in [0.25, 0.3) is 0 Å². The molecule has 1 unspecified atom stereocenters. The van der Waals surface area contributed by atoms with E-state index in [1.54, 1.807) is 0 Å². The minimum atomic E-state index is 0.709. The van der Waals surface area contributed by atoms with Gasteiger partial charge in [0.1, 0.15) is 0 Å². The van der Waals surface area contributed by atoms with E-state index in [1.807, 2.05) is 7.05 Å². The SMILES string of the molecule is CCN(CC)C1CCN(c2ccc(CNC)c(Br)c2)C1. The molecular weight excluding hydrogens is 314 g/mol. The maximum atomic E-state index is 3.69. The first-order valence-electron chi connectivity index (χ1n) is 7.61. The molecule has 1 aromatic carbocycles. The highest BCUT2D eigenvalue weighted by molar-refractivity contribution is 9.10. The molecule has 0 radical (unpaired) electrons. The number of anilines is 1. The van der Waals surface area contributed by atoms with Crippen LogP contribution in [-0.2, 0) is 6.54 Å². The largest absolute Gasteiger partial charge is 0.370 e. The van der Waals surface area contributed by atoms with E-state index < -0.39 is 0 Å². The van der Waals surface area contributed by atoms with Gasteiger partial charge < -0.3 is 10.2 Å². The molecule has 1 saturated heterocycles. The molecule has 1 aromatic rings. The number of benzene rings is 1. The number of hydrogen-bond donors (Lipinski definition) is 1. The van der Waals surface area contributed by atoms with Crippen LogP contribution in [0.4, 0.5) is 5.69 Å². The van der Waals surface area contributed by atoms with Crippen LogP contribution in [0.1, 0.15) is 25.8 Å². The van der Waals surface area contributed by atoms with Gasteiger partial charge in [-0.2, -0.15) is 0 Å². The van der Waals surface area contributed by atoms with Crippen molar-refractivity contribution >= 4 is 21.6 Å². The summed E-state index contributed by atoms with van der Waals surface area (Å²) in [6.45, 7) is 10.0. The molecule has 1 N–H and O–H groups in total. The zero-order valence-electron chi connectivity index (χ0n) is 12.8. The minimum absolute atomic E-state index is 0.709. The molecule has 20 heavy (non-hydrogen) atoms. The molecule has 0 spiro atoms. The molecule has 0 aromatic heterocycles. The Morgan fingerprint density at radius 2 is 2.10 bits per heavy atom. The summed E-state index contributed by atoms with van der Waals surface area (Å²) in [6, 6.07) is 7.45. The first-order chi connectivity index (χ1) is 9.69. The van der Waals surface area contributed by atoms with Crippen molar-refractivity contribution in [2.75, 3.05) is 38.1 Å². The van der Waals surface area contributed by atoms with Crippen LogP contribution in [0.5, 0.6) is 0 Å². The van der Waals surface area contributed by atoms with Gasteiger partial charge in [0.2, 0.25) is 0 Å². The van der Waals surface area contributed by atoms with E-state index in [0.717, 1.165) is 26.2 Å². The molecule has 0 bridgehead atoms. The molecule has 112 valence electrons. The summed E-state index contributed by atoms with van der Waals surface area (Å²) in [5.74, 6) is 0. The van der Waals surface area contributed by atoms with Gasteiger partial charge in [-0.1, -0.05) is 35.8 Å². The smallest absolute Gasteiger partial charge is 0.0378 e. The van der Waals surface area contributed by atoms with E-state index in [-0.39, 0.29) is 0 Å². The molecule has 1 aliphatic rings. The van der Waals surface area contributed by atoms with E-state index in [1.165, 1.54) is 28.7 Å². The third kappa shape index (κ3) is 3.54. The van der Waals surface area contributed by atoms with Gasteiger partial charge in [-0.05, 0) is 44.3 Å². The summed E-state index contributed by atoms with van der Waals surface area (Å²) >= 11 is 3.69.